The van der Waals surface area contributed by atoms with Gasteiger partial charge in [-0.15, -0.1) is 0 Å². The van der Waals surface area contributed by atoms with Crippen LogP contribution in [0, 0.1) is 5.92 Å². The standard InChI is InChI=1S/C12H21ClO/c13-12(14)10-6-2-5-9-11-7-3-1-4-8-11/h11H,1-10H2. The Hall–Kier alpha value is -0.0400. The number of carbonyl (C=O) groups excluding carboxylic acids is 1. The third-order valence-corrected chi connectivity index (χ3v) is 3.40. The zero-order valence-electron chi connectivity index (χ0n) is 8.93. The molecule has 0 radical (unpaired) electrons. The predicted molar refractivity (Wildman–Crippen MR) is 60.5 cm³/mol. The van der Waals surface area contributed by atoms with Crippen LogP contribution in [0.4, 0.5) is 0 Å². The Kier molecular flexibility index (Phi) is 6.25. The van der Waals surface area contributed by atoms with Crippen LogP contribution >= 0.6 is 11.6 Å². The van der Waals surface area contributed by atoms with Gasteiger partial charge in [-0.05, 0) is 23.9 Å². The van der Waals surface area contributed by atoms with Gasteiger partial charge >= 0.3 is 0 Å². The summed E-state index contributed by atoms with van der Waals surface area (Å²) in [5.74, 6) is 0.982. The summed E-state index contributed by atoms with van der Waals surface area (Å²) in [6.07, 6.45) is 12.6. The van der Waals surface area contributed by atoms with Gasteiger partial charge in [-0.1, -0.05) is 51.4 Å². The van der Waals surface area contributed by atoms with Crippen molar-refractivity contribution < 1.29 is 4.79 Å². The van der Waals surface area contributed by atoms with Crippen molar-refractivity contribution in [3.8, 4) is 0 Å². The first-order chi connectivity index (χ1) is 6.79. The van der Waals surface area contributed by atoms with Crippen molar-refractivity contribution in [3.05, 3.63) is 0 Å². The molecule has 14 heavy (non-hydrogen) atoms. The topological polar surface area (TPSA) is 17.1 Å². The van der Waals surface area contributed by atoms with Crippen LogP contribution in [0.3, 0.4) is 0 Å². The lowest BCUT2D eigenvalue weighted by molar-refractivity contribution is -0.111. The molecule has 1 fully saturated rings. The van der Waals surface area contributed by atoms with E-state index < -0.39 is 0 Å². The van der Waals surface area contributed by atoms with Gasteiger partial charge in [0.2, 0.25) is 5.24 Å². The molecule has 0 aromatic heterocycles. The van der Waals surface area contributed by atoms with E-state index >= 15 is 0 Å². The average Bonchev–Trinajstić information content (AvgIpc) is 2.18. The zero-order valence-corrected chi connectivity index (χ0v) is 9.69. The van der Waals surface area contributed by atoms with E-state index in [0.717, 1.165) is 12.3 Å². The Bertz CT molecular complexity index is 162. The molecule has 0 aliphatic heterocycles. The summed E-state index contributed by atoms with van der Waals surface area (Å²) in [5.41, 5.74) is 0. The maximum atomic E-state index is 10.5. The van der Waals surface area contributed by atoms with Crippen molar-refractivity contribution in [2.24, 2.45) is 5.92 Å². The Labute approximate surface area is 92.2 Å². The summed E-state index contributed by atoms with van der Waals surface area (Å²) < 4.78 is 0. The van der Waals surface area contributed by atoms with Gasteiger partial charge in [0, 0.05) is 6.42 Å². The largest absolute Gasteiger partial charge is 0.281 e. The monoisotopic (exact) mass is 216 g/mol. The van der Waals surface area contributed by atoms with Gasteiger partial charge in [0.15, 0.2) is 0 Å². The average molecular weight is 217 g/mol. The number of halogens is 1. The molecule has 1 aliphatic rings. The first-order valence-electron chi connectivity index (χ1n) is 5.97. The molecule has 0 aromatic carbocycles. The fourth-order valence-electron chi connectivity index (χ4n) is 2.35. The van der Waals surface area contributed by atoms with Gasteiger partial charge in [-0.25, -0.2) is 0 Å². The third kappa shape index (κ3) is 5.64. The minimum atomic E-state index is -0.178. The van der Waals surface area contributed by atoms with Crippen molar-refractivity contribution >= 4 is 16.8 Å². The van der Waals surface area contributed by atoms with Crippen LogP contribution in [0.1, 0.15) is 64.2 Å². The number of hydrogen-bond donors (Lipinski definition) is 0. The maximum Gasteiger partial charge on any atom is 0.221 e. The van der Waals surface area contributed by atoms with Crippen LogP contribution in [0.2, 0.25) is 0 Å². The highest BCUT2D eigenvalue weighted by atomic mass is 35.5. The van der Waals surface area contributed by atoms with Crippen LogP contribution in [0.25, 0.3) is 0 Å². The summed E-state index contributed by atoms with van der Waals surface area (Å²) >= 11 is 5.27. The molecule has 2 heteroatoms. The van der Waals surface area contributed by atoms with Crippen molar-refractivity contribution in [2.75, 3.05) is 0 Å². The van der Waals surface area contributed by atoms with E-state index in [0.29, 0.717) is 6.42 Å². The molecule has 1 rings (SSSR count). The fourth-order valence-corrected chi connectivity index (χ4v) is 2.48. The molecule has 0 aromatic rings. The minimum absolute atomic E-state index is 0.178. The number of carbonyl (C=O) groups is 1. The van der Waals surface area contributed by atoms with Gasteiger partial charge in [0.1, 0.15) is 0 Å². The normalized spacial score (nSPS) is 18.4. The van der Waals surface area contributed by atoms with Gasteiger partial charge in [0.05, 0.1) is 0 Å². The highest BCUT2D eigenvalue weighted by Crippen LogP contribution is 2.27. The molecule has 0 unspecified atom stereocenters. The Morgan fingerprint density at radius 1 is 1.07 bits per heavy atom. The van der Waals surface area contributed by atoms with E-state index in [1.54, 1.807) is 0 Å². The van der Waals surface area contributed by atoms with Crippen molar-refractivity contribution in [3.63, 3.8) is 0 Å². The summed E-state index contributed by atoms with van der Waals surface area (Å²) in [6.45, 7) is 0. The van der Waals surface area contributed by atoms with Gasteiger partial charge in [-0.2, -0.15) is 0 Å². The van der Waals surface area contributed by atoms with E-state index in [4.69, 9.17) is 11.6 Å². The van der Waals surface area contributed by atoms with Crippen LogP contribution in [-0.4, -0.2) is 5.24 Å². The van der Waals surface area contributed by atoms with Gasteiger partial charge < -0.3 is 0 Å². The second-order valence-electron chi connectivity index (χ2n) is 4.46. The molecule has 0 heterocycles. The molecule has 1 nitrogen and oxygen atoms in total. The molecule has 0 atom stereocenters. The number of hydrogen-bond acceptors (Lipinski definition) is 1. The molecule has 0 bridgehead atoms. The highest BCUT2D eigenvalue weighted by molar-refractivity contribution is 6.63. The fraction of sp³-hybridized carbons (Fsp3) is 0.917. The number of rotatable bonds is 6. The summed E-state index contributed by atoms with van der Waals surface area (Å²) in [7, 11) is 0. The molecular formula is C12H21ClO. The quantitative estimate of drug-likeness (QED) is 0.479. The molecular weight excluding hydrogens is 196 g/mol. The predicted octanol–water partition coefficient (Wildman–Crippen LogP) is 4.28. The van der Waals surface area contributed by atoms with Crippen molar-refractivity contribution in [1.82, 2.24) is 0 Å². The lowest BCUT2D eigenvalue weighted by Crippen LogP contribution is -2.05. The zero-order chi connectivity index (χ0) is 10.2. The molecule has 82 valence electrons. The van der Waals surface area contributed by atoms with E-state index in [9.17, 15) is 4.79 Å². The summed E-state index contributed by atoms with van der Waals surface area (Å²) in [6, 6.07) is 0. The molecule has 0 spiro atoms. The molecule has 0 amide bonds. The molecule has 0 N–H and O–H groups in total. The smallest absolute Gasteiger partial charge is 0.221 e. The van der Waals surface area contributed by atoms with Crippen molar-refractivity contribution in [2.45, 2.75) is 64.2 Å². The van der Waals surface area contributed by atoms with Gasteiger partial charge in [-0.3, -0.25) is 4.79 Å². The van der Waals surface area contributed by atoms with E-state index in [-0.39, 0.29) is 5.24 Å². The van der Waals surface area contributed by atoms with Crippen LogP contribution < -0.4 is 0 Å². The minimum Gasteiger partial charge on any atom is -0.281 e. The lowest BCUT2D eigenvalue weighted by atomic mass is 9.85. The second-order valence-corrected chi connectivity index (χ2v) is 4.88. The van der Waals surface area contributed by atoms with Gasteiger partial charge in [0.25, 0.3) is 0 Å². The maximum absolute atomic E-state index is 10.5. The second kappa shape index (κ2) is 7.28. The van der Waals surface area contributed by atoms with Crippen LogP contribution in [0.5, 0.6) is 0 Å². The van der Waals surface area contributed by atoms with Crippen LogP contribution in [0.15, 0.2) is 0 Å². The summed E-state index contributed by atoms with van der Waals surface area (Å²) in [5, 5.41) is -0.178. The molecule has 1 aliphatic carbocycles. The van der Waals surface area contributed by atoms with Crippen LogP contribution in [-0.2, 0) is 4.79 Å². The summed E-state index contributed by atoms with van der Waals surface area (Å²) in [4.78, 5) is 10.5. The SMILES string of the molecule is O=C(Cl)CCCCCC1CCCCC1. The molecule has 1 saturated carbocycles. The van der Waals surface area contributed by atoms with E-state index in [1.165, 1.54) is 51.4 Å². The van der Waals surface area contributed by atoms with E-state index in [1.807, 2.05) is 0 Å². The lowest BCUT2D eigenvalue weighted by Gasteiger charge is -2.21. The Morgan fingerprint density at radius 2 is 1.79 bits per heavy atom. The Balaban J connectivity index is 1.90. The third-order valence-electron chi connectivity index (χ3n) is 3.21. The van der Waals surface area contributed by atoms with Crippen molar-refractivity contribution in [1.29, 1.82) is 0 Å². The highest BCUT2D eigenvalue weighted by Gasteiger charge is 2.12. The number of unbranched alkanes of at least 4 members (excludes halogenated alkanes) is 2. The van der Waals surface area contributed by atoms with E-state index in [2.05, 4.69) is 0 Å². The molecule has 0 saturated heterocycles. The first-order valence-corrected chi connectivity index (χ1v) is 6.35. The first kappa shape index (κ1) is 12.0. The Morgan fingerprint density at radius 3 is 2.43 bits per heavy atom.